The molecule has 0 spiro atoms. The van der Waals surface area contributed by atoms with Crippen molar-refractivity contribution in [3.05, 3.63) is 76.5 Å². The zero-order valence-electron chi connectivity index (χ0n) is 17.5. The lowest BCUT2D eigenvalue weighted by atomic mass is 9.87. The number of nitro groups is 1. The first kappa shape index (κ1) is 20.8. The van der Waals surface area contributed by atoms with Crippen LogP contribution in [-0.4, -0.2) is 26.7 Å². The molecular weight excluding hydrogens is 392 g/mol. The van der Waals surface area contributed by atoms with E-state index < -0.39 is 4.92 Å². The summed E-state index contributed by atoms with van der Waals surface area (Å²) in [4.78, 5) is 23.4. The predicted octanol–water partition coefficient (Wildman–Crippen LogP) is 4.68. The van der Waals surface area contributed by atoms with Gasteiger partial charge in [-0.1, -0.05) is 25.1 Å². The average molecular weight is 418 g/mol. The highest BCUT2D eigenvalue weighted by Gasteiger charge is 2.21. The third-order valence-electron chi connectivity index (χ3n) is 5.89. The SMILES string of the molecule is CC1CCC(NC(=O)Cc2cn(-c3ccccc3)nc2-c2ccc([N+](=O)[O-])cc2)CC1. The predicted molar refractivity (Wildman–Crippen MR) is 119 cm³/mol. The van der Waals surface area contributed by atoms with Gasteiger partial charge in [0.15, 0.2) is 0 Å². The number of nitro benzene ring substituents is 1. The van der Waals surface area contributed by atoms with E-state index in [1.54, 1.807) is 16.8 Å². The largest absolute Gasteiger partial charge is 0.353 e. The summed E-state index contributed by atoms with van der Waals surface area (Å²) in [5, 5.41) is 18.9. The molecule has 1 amide bonds. The van der Waals surface area contributed by atoms with Crippen molar-refractivity contribution in [2.45, 2.75) is 45.1 Å². The molecule has 31 heavy (non-hydrogen) atoms. The number of para-hydroxylation sites is 1. The van der Waals surface area contributed by atoms with Crippen LogP contribution < -0.4 is 5.32 Å². The number of aromatic nitrogens is 2. The Kier molecular flexibility index (Phi) is 6.11. The molecule has 0 aliphatic heterocycles. The molecule has 0 radical (unpaired) electrons. The first-order valence-electron chi connectivity index (χ1n) is 10.7. The molecule has 1 aliphatic carbocycles. The lowest BCUT2D eigenvalue weighted by Gasteiger charge is -2.26. The molecule has 1 fully saturated rings. The summed E-state index contributed by atoms with van der Waals surface area (Å²) < 4.78 is 1.75. The molecule has 0 unspecified atom stereocenters. The van der Waals surface area contributed by atoms with E-state index in [0.717, 1.165) is 48.4 Å². The third kappa shape index (κ3) is 4.99. The maximum absolute atomic E-state index is 12.8. The van der Waals surface area contributed by atoms with Crippen molar-refractivity contribution in [3.8, 4) is 16.9 Å². The van der Waals surface area contributed by atoms with Gasteiger partial charge in [-0.2, -0.15) is 5.10 Å². The molecule has 1 saturated carbocycles. The van der Waals surface area contributed by atoms with Gasteiger partial charge in [-0.25, -0.2) is 4.68 Å². The molecule has 0 atom stereocenters. The van der Waals surface area contributed by atoms with E-state index in [1.807, 2.05) is 36.5 Å². The van der Waals surface area contributed by atoms with Crippen LogP contribution in [0.4, 0.5) is 5.69 Å². The second-order valence-corrected chi connectivity index (χ2v) is 8.29. The molecule has 1 heterocycles. The molecule has 1 aromatic heterocycles. The standard InChI is InChI=1S/C24H26N4O3/c1-17-7-11-20(12-8-17)25-23(29)15-19-16-27(21-5-3-2-4-6-21)26-24(19)18-9-13-22(14-10-18)28(30)31/h2-6,9-10,13-14,16-17,20H,7-8,11-12,15H2,1H3,(H,25,29). The van der Waals surface area contributed by atoms with Gasteiger partial charge >= 0.3 is 0 Å². The number of hydrogen-bond acceptors (Lipinski definition) is 4. The van der Waals surface area contributed by atoms with E-state index >= 15 is 0 Å². The molecule has 160 valence electrons. The molecule has 4 rings (SSSR count). The normalized spacial score (nSPS) is 18.5. The molecule has 1 N–H and O–H groups in total. The number of nitrogens with one attached hydrogen (secondary N) is 1. The number of benzene rings is 2. The Morgan fingerprint density at radius 1 is 1.10 bits per heavy atom. The monoisotopic (exact) mass is 418 g/mol. The van der Waals surface area contributed by atoms with Crippen molar-refractivity contribution in [3.63, 3.8) is 0 Å². The summed E-state index contributed by atoms with van der Waals surface area (Å²) in [6, 6.07) is 16.2. The van der Waals surface area contributed by atoms with Gasteiger partial charge < -0.3 is 5.32 Å². The van der Waals surface area contributed by atoms with E-state index in [0.29, 0.717) is 5.69 Å². The van der Waals surface area contributed by atoms with E-state index in [2.05, 4.69) is 12.2 Å². The summed E-state index contributed by atoms with van der Waals surface area (Å²) in [5.41, 5.74) is 3.11. The minimum Gasteiger partial charge on any atom is -0.353 e. The van der Waals surface area contributed by atoms with Crippen LogP contribution in [0.15, 0.2) is 60.8 Å². The van der Waals surface area contributed by atoms with Crippen LogP contribution in [0.2, 0.25) is 0 Å². The number of hydrogen-bond donors (Lipinski definition) is 1. The molecule has 7 nitrogen and oxygen atoms in total. The smallest absolute Gasteiger partial charge is 0.269 e. The lowest BCUT2D eigenvalue weighted by Crippen LogP contribution is -2.38. The highest BCUT2D eigenvalue weighted by molar-refractivity contribution is 5.81. The van der Waals surface area contributed by atoms with Crippen LogP contribution in [0.1, 0.15) is 38.2 Å². The Morgan fingerprint density at radius 3 is 2.42 bits per heavy atom. The fraction of sp³-hybridized carbons (Fsp3) is 0.333. The number of carbonyl (C=O) groups is 1. The van der Waals surface area contributed by atoms with Gasteiger partial charge in [0.1, 0.15) is 0 Å². The van der Waals surface area contributed by atoms with Crippen LogP contribution in [-0.2, 0) is 11.2 Å². The van der Waals surface area contributed by atoms with Crippen molar-refractivity contribution in [1.82, 2.24) is 15.1 Å². The highest BCUT2D eigenvalue weighted by Crippen LogP contribution is 2.27. The number of nitrogens with zero attached hydrogens (tertiary/aromatic N) is 3. The highest BCUT2D eigenvalue weighted by atomic mass is 16.6. The van der Waals surface area contributed by atoms with Gasteiger partial charge in [-0.3, -0.25) is 14.9 Å². The van der Waals surface area contributed by atoms with E-state index in [-0.39, 0.29) is 24.1 Å². The lowest BCUT2D eigenvalue weighted by molar-refractivity contribution is -0.384. The van der Waals surface area contributed by atoms with E-state index in [4.69, 9.17) is 5.10 Å². The Morgan fingerprint density at radius 2 is 1.77 bits per heavy atom. The van der Waals surface area contributed by atoms with Crippen LogP contribution >= 0.6 is 0 Å². The van der Waals surface area contributed by atoms with Crippen LogP contribution in [0.5, 0.6) is 0 Å². The Labute approximate surface area is 181 Å². The van der Waals surface area contributed by atoms with Gasteiger partial charge in [0, 0.05) is 35.5 Å². The first-order chi connectivity index (χ1) is 15.0. The number of rotatable bonds is 6. The quantitative estimate of drug-likeness (QED) is 0.465. The van der Waals surface area contributed by atoms with Crippen molar-refractivity contribution < 1.29 is 9.72 Å². The van der Waals surface area contributed by atoms with Crippen LogP contribution in [0, 0.1) is 16.0 Å². The molecule has 1 aliphatic rings. The second kappa shape index (κ2) is 9.12. The molecule has 0 bridgehead atoms. The van der Waals surface area contributed by atoms with Gasteiger partial charge in [0.05, 0.1) is 22.7 Å². The summed E-state index contributed by atoms with van der Waals surface area (Å²) in [7, 11) is 0. The fourth-order valence-electron chi connectivity index (χ4n) is 4.09. The number of amides is 1. The first-order valence-corrected chi connectivity index (χ1v) is 10.7. The van der Waals surface area contributed by atoms with Crippen molar-refractivity contribution >= 4 is 11.6 Å². The Bertz CT molecular complexity index is 1050. The molecule has 3 aromatic rings. The summed E-state index contributed by atoms with van der Waals surface area (Å²) in [5.74, 6) is 0.710. The fourth-order valence-corrected chi connectivity index (χ4v) is 4.09. The summed E-state index contributed by atoms with van der Waals surface area (Å²) >= 11 is 0. The van der Waals surface area contributed by atoms with Crippen molar-refractivity contribution in [2.24, 2.45) is 5.92 Å². The van der Waals surface area contributed by atoms with E-state index in [9.17, 15) is 14.9 Å². The third-order valence-corrected chi connectivity index (χ3v) is 5.89. The van der Waals surface area contributed by atoms with Crippen molar-refractivity contribution in [1.29, 1.82) is 0 Å². The zero-order valence-corrected chi connectivity index (χ0v) is 17.5. The minimum absolute atomic E-state index is 0.0182. The van der Waals surface area contributed by atoms with Crippen LogP contribution in [0.3, 0.4) is 0 Å². The molecule has 0 saturated heterocycles. The van der Waals surface area contributed by atoms with Gasteiger partial charge in [0.25, 0.3) is 5.69 Å². The van der Waals surface area contributed by atoms with Gasteiger partial charge in [0.2, 0.25) is 5.91 Å². The second-order valence-electron chi connectivity index (χ2n) is 8.29. The van der Waals surface area contributed by atoms with Crippen LogP contribution in [0.25, 0.3) is 16.9 Å². The molecule has 7 heteroatoms. The van der Waals surface area contributed by atoms with Crippen molar-refractivity contribution in [2.75, 3.05) is 0 Å². The maximum atomic E-state index is 12.8. The topological polar surface area (TPSA) is 90.1 Å². The number of carbonyl (C=O) groups excluding carboxylic acids is 1. The zero-order chi connectivity index (χ0) is 21.8. The number of non-ortho nitro benzene ring substituents is 1. The Hall–Kier alpha value is -3.48. The maximum Gasteiger partial charge on any atom is 0.269 e. The summed E-state index contributed by atoms with van der Waals surface area (Å²) in [6.45, 7) is 2.26. The summed E-state index contributed by atoms with van der Waals surface area (Å²) in [6.07, 6.45) is 6.41. The van der Waals surface area contributed by atoms with Gasteiger partial charge in [-0.05, 0) is 55.9 Å². The Balaban J connectivity index is 1.59. The molecule has 2 aromatic carbocycles. The van der Waals surface area contributed by atoms with Gasteiger partial charge in [-0.15, -0.1) is 0 Å². The molecular formula is C24H26N4O3. The average Bonchev–Trinajstić information content (AvgIpc) is 3.19. The minimum atomic E-state index is -0.425. The van der Waals surface area contributed by atoms with E-state index in [1.165, 1.54) is 12.1 Å².